The molecule has 0 aromatic heterocycles. The number of ketones is 1. The van der Waals surface area contributed by atoms with E-state index in [-0.39, 0.29) is 11.5 Å². The van der Waals surface area contributed by atoms with E-state index in [4.69, 9.17) is 0 Å². The van der Waals surface area contributed by atoms with E-state index in [9.17, 15) is 13.6 Å². The highest BCUT2D eigenvalue weighted by molar-refractivity contribution is 5.94. The van der Waals surface area contributed by atoms with Crippen molar-refractivity contribution in [2.24, 2.45) is 0 Å². The fourth-order valence-electron chi connectivity index (χ4n) is 1.27. The minimum absolute atomic E-state index is 0.0921. The lowest BCUT2D eigenvalue weighted by Gasteiger charge is -2.08. The first-order valence-corrected chi connectivity index (χ1v) is 4.43. The van der Waals surface area contributed by atoms with Crippen molar-refractivity contribution in [3.05, 3.63) is 34.9 Å². The van der Waals surface area contributed by atoms with Gasteiger partial charge in [0, 0.05) is 0 Å². The molecule has 76 valence electrons. The predicted octanol–water partition coefficient (Wildman–Crippen LogP) is 3.29. The highest BCUT2D eigenvalue weighted by Crippen LogP contribution is 2.22. The van der Waals surface area contributed by atoms with E-state index in [0.717, 1.165) is 12.1 Å². The van der Waals surface area contributed by atoms with Crippen LogP contribution in [0.5, 0.6) is 0 Å². The molecular weight excluding hydrogens is 186 g/mol. The summed E-state index contributed by atoms with van der Waals surface area (Å²) < 4.78 is 26.6. The SMILES string of the molecule is CC(=O)c1cc(F)c(C(C)C)cc1F. The van der Waals surface area contributed by atoms with E-state index in [1.54, 1.807) is 13.8 Å². The number of carbonyl (C=O) groups excluding carboxylic acids is 1. The first kappa shape index (κ1) is 10.8. The van der Waals surface area contributed by atoms with Crippen LogP contribution in [0.25, 0.3) is 0 Å². The molecule has 0 radical (unpaired) electrons. The van der Waals surface area contributed by atoms with Gasteiger partial charge in [-0.2, -0.15) is 0 Å². The third kappa shape index (κ3) is 1.97. The van der Waals surface area contributed by atoms with Gasteiger partial charge in [0.15, 0.2) is 5.78 Å². The summed E-state index contributed by atoms with van der Waals surface area (Å²) in [6.45, 7) is 4.75. The Kier molecular flexibility index (Phi) is 2.99. The van der Waals surface area contributed by atoms with Gasteiger partial charge in [0.25, 0.3) is 0 Å². The summed E-state index contributed by atoms with van der Waals surface area (Å²) in [5, 5.41) is 0. The predicted molar refractivity (Wildman–Crippen MR) is 50.5 cm³/mol. The minimum atomic E-state index is -0.650. The molecule has 0 N–H and O–H groups in total. The van der Waals surface area contributed by atoms with Gasteiger partial charge in [0.1, 0.15) is 11.6 Å². The molecule has 0 spiro atoms. The highest BCUT2D eigenvalue weighted by Gasteiger charge is 2.14. The van der Waals surface area contributed by atoms with Crippen molar-refractivity contribution in [3.63, 3.8) is 0 Å². The summed E-state index contributed by atoms with van der Waals surface area (Å²) in [5.41, 5.74) is 0.111. The molecule has 1 rings (SSSR count). The second-order valence-corrected chi connectivity index (χ2v) is 3.56. The van der Waals surface area contributed by atoms with Crippen LogP contribution in [0.3, 0.4) is 0 Å². The zero-order valence-electron chi connectivity index (χ0n) is 8.40. The van der Waals surface area contributed by atoms with Crippen LogP contribution >= 0.6 is 0 Å². The molecule has 1 aromatic rings. The molecule has 0 saturated heterocycles. The smallest absolute Gasteiger partial charge is 0.162 e. The van der Waals surface area contributed by atoms with E-state index in [1.165, 1.54) is 6.92 Å². The van der Waals surface area contributed by atoms with Crippen LogP contribution in [0, 0.1) is 11.6 Å². The maximum Gasteiger partial charge on any atom is 0.162 e. The average Bonchev–Trinajstić information content (AvgIpc) is 2.07. The van der Waals surface area contributed by atoms with E-state index < -0.39 is 17.4 Å². The second kappa shape index (κ2) is 3.86. The van der Waals surface area contributed by atoms with Crippen molar-refractivity contribution in [1.29, 1.82) is 0 Å². The van der Waals surface area contributed by atoms with Crippen LogP contribution in [0.4, 0.5) is 8.78 Å². The normalized spacial score (nSPS) is 10.7. The number of rotatable bonds is 2. The third-order valence-corrected chi connectivity index (χ3v) is 2.09. The molecular formula is C11H12F2O. The Labute approximate surface area is 81.7 Å². The maximum atomic E-state index is 13.3. The van der Waals surface area contributed by atoms with Gasteiger partial charge in [-0.05, 0) is 30.5 Å². The lowest BCUT2D eigenvalue weighted by molar-refractivity contribution is 0.101. The molecule has 14 heavy (non-hydrogen) atoms. The van der Waals surface area contributed by atoms with Crippen LogP contribution in [0.15, 0.2) is 12.1 Å². The van der Waals surface area contributed by atoms with Gasteiger partial charge in [0.2, 0.25) is 0 Å². The van der Waals surface area contributed by atoms with Gasteiger partial charge in [0.05, 0.1) is 5.56 Å². The minimum Gasteiger partial charge on any atom is -0.294 e. The fraction of sp³-hybridized carbons (Fsp3) is 0.364. The molecule has 0 aliphatic heterocycles. The summed E-state index contributed by atoms with van der Waals surface area (Å²) in [6.07, 6.45) is 0. The molecule has 3 heteroatoms. The number of hydrogen-bond donors (Lipinski definition) is 0. The Morgan fingerprint density at radius 2 is 1.79 bits per heavy atom. The number of halogens is 2. The molecule has 0 amide bonds. The molecule has 1 nitrogen and oxygen atoms in total. The monoisotopic (exact) mass is 198 g/mol. The maximum absolute atomic E-state index is 13.3. The van der Waals surface area contributed by atoms with Crippen LogP contribution in [-0.4, -0.2) is 5.78 Å². The van der Waals surface area contributed by atoms with Crippen molar-refractivity contribution >= 4 is 5.78 Å². The summed E-state index contributed by atoms with van der Waals surface area (Å²) in [4.78, 5) is 10.9. The molecule has 0 bridgehead atoms. The Morgan fingerprint density at radius 1 is 1.21 bits per heavy atom. The van der Waals surface area contributed by atoms with Crippen molar-refractivity contribution in [2.75, 3.05) is 0 Å². The molecule has 0 unspecified atom stereocenters. The number of hydrogen-bond acceptors (Lipinski definition) is 1. The van der Waals surface area contributed by atoms with Gasteiger partial charge in [-0.1, -0.05) is 13.8 Å². The molecule has 0 saturated carbocycles. The standard InChI is InChI=1S/C11H12F2O/c1-6(2)8-4-11(13)9(7(3)14)5-10(8)12/h4-6H,1-3H3. The topological polar surface area (TPSA) is 17.1 Å². The summed E-state index contributed by atoms with van der Waals surface area (Å²) >= 11 is 0. The largest absolute Gasteiger partial charge is 0.294 e. The molecule has 0 atom stereocenters. The van der Waals surface area contributed by atoms with E-state index in [0.29, 0.717) is 5.56 Å². The highest BCUT2D eigenvalue weighted by atomic mass is 19.1. The molecule has 0 heterocycles. The van der Waals surface area contributed by atoms with Crippen molar-refractivity contribution in [2.45, 2.75) is 26.7 Å². The van der Waals surface area contributed by atoms with Gasteiger partial charge in [-0.15, -0.1) is 0 Å². The summed E-state index contributed by atoms with van der Waals surface area (Å²) in [5.74, 6) is -1.73. The Hall–Kier alpha value is -1.25. The Bertz CT molecular complexity index is 370. The van der Waals surface area contributed by atoms with Crippen LogP contribution < -0.4 is 0 Å². The van der Waals surface area contributed by atoms with E-state index in [2.05, 4.69) is 0 Å². The van der Waals surface area contributed by atoms with Gasteiger partial charge < -0.3 is 0 Å². The van der Waals surface area contributed by atoms with Gasteiger partial charge >= 0.3 is 0 Å². The number of benzene rings is 1. The van der Waals surface area contributed by atoms with E-state index >= 15 is 0 Å². The fourth-order valence-corrected chi connectivity index (χ4v) is 1.27. The Morgan fingerprint density at radius 3 is 2.21 bits per heavy atom. The Balaban J connectivity index is 3.31. The molecule has 1 aromatic carbocycles. The van der Waals surface area contributed by atoms with Crippen LogP contribution in [0.1, 0.15) is 42.6 Å². The van der Waals surface area contributed by atoms with Crippen LogP contribution in [0.2, 0.25) is 0 Å². The van der Waals surface area contributed by atoms with Gasteiger partial charge in [-0.25, -0.2) is 8.78 Å². The van der Waals surface area contributed by atoms with E-state index in [1.807, 2.05) is 0 Å². The number of carbonyl (C=O) groups is 1. The molecule has 0 fully saturated rings. The third-order valence-electron chi connectivity index (χ3n) is 2.09. The first-order valence-electron chi connectivity index (χ1n) is 4.43. The van der Waals surface area contributed by atoms with Crippen molar-refractivity contribution in [1.82, 2.24) is 0 Å². The van der Waals surface area contributed by atoms with Crippen LogP contribution in [-0.2, 0) is 0 Å². The molecule has 0 aliphatic carbocycles. The second-order valence-electron chi connectivity index (χ2n) is 3.56. The number of Topliss-reactive ketones (excluding diaryl/α,β-unsaturated/α-hetero) is 1. The quantitative estimate of drug-likeness (QED) is 0.666. The first-order chi connectivity index (χ1) is 6.43. The van der Waals surface area contributed by atoms with Crippen molar-refractivity contribution < 1.29 is 13.6 Å². The summed E-state index contributed by atoms with van der Waals surface area (Å²) in [6, 6.07) is 2.06. The zero-order valence-corrected chi connectivity index (χ0v) is 8.40. The lowest BCUT2D eigenvalue weighted by atomic mass is 9.99. The lowest BCUT2D eigenvalue weighted by Crippen LogP contribution is -2.02. The van der Waals surface area contributed by atoms with Gasteiger partial charge in [-0.3, -0.25) is 4.79 Å². The molecule has 0 aliphatic rings. The summed E-state index contributed by atoms with van der Waals surface area (Å²) in [7, 11) is 0. The average molecular weight is 198 g/mol. The van der Waals surface area contributed by atoms with Crippen molar-refractivity contribution in [3.8, 4) is 0 Å². The zero-order chi connectivity index (χ0) is 10.9.